The van der Waals surface area contributed by atoms with Crippen molar-refractivity contribution in [1.82, 2.24) is 19.5 Å². The first kappa shape index (κ1) is 22.9. The highest BCUT2D eigenvalue weighted by atomic mass is 19.1. The molecule has 1 saturated heterocycles. The summed E-state index contributed by atoms with van der Waals surface area (Å²) < 4.78 is 20.3. The fourth-order valence-corrected chi connectivity index (χ4v) is 4.76. The van der Waals surface area contributed by atoms with Gasteiger partial charge in [-0.25, -0.2) is 13.9 Å². The monoisotopic (exact) mass is 452 g/mol. The topological polar surface area (TPSA) is 76.8 Å². The summed E-state index contributed by atoms with van der Waals surface area (Å²) in [6.07, 6.45) is 3.33. The van der Waals surface area contributed by atoms with Crippen molar-refractivity contribution in [2.45, 2.75) is 46.0 Å². The van der Waals surface area contributed by atoms with E-state index in [4.69, 9.17) is 4.74 Å². The van der Waals surface area contributed by atoms with Gasteiger partial charge in [0.05, 0.1) is 19.2 Å². The van der Waals surface area contributed by atoms with E-state index in [0.717, 1.165) is 29.8 Å². The van der Waals surface area contributed by atoms with E-state index in [1.165, 1.54) is 12.1 Å². The van der Waals surface area contributed by atoms with Gasteiger partial charge in [0.15, 0.2) is 5.65 Å². The van der Waals surface area contributed by atoms with Crippen molar-refractivity contribution in [2.75, 3.05) is 19.7 Å². The van der Waals surface area contributed by atoms with E-state index >= 15 is 0 Å². The van der Waals surface area contributed by atoms with Crippen LogP contribution in [0.4, 0.5) is 4.39 Å². The predicted molar refractivity (Wildman–Crippen MR) is 121 cm³/mol. The Bertz CT molecular complexity index is 1150. The number of carbonyl (C=O) groups excluding carboxylic acids is 2. The van der Waals surface area contributed by atoms with Crippen molar-refractivity contribution >= 4 is 17.5 Å². The Labute approximate surface area is 192 Å². The third-order valence-electron chi connectivity index (χ3n) is 6.39. The first-order valence-electron chi connectivity index (χ1n) is 11.4. The first-order valence-corrected chi connectivity index (χ1v) is 11.4. The van der Waals surface area contributed by atoms with Crippen molar-refractivity contribution in [1.29, 1.82) is 0 Å². The van der Waals surface area contributed by atoms with E-state index in [2.05, 4.69) is 10.1 Å². The number of halogens is 1. The van der Waals surface area contributed by atoms with Gasteiger partial charge in [-0.2, -0.15) is 5.10 Å². The number of rotatable bonds is 6. The summed E-state index contributed by atoms with van der Waals surface area (Å²) in [7, 11) is 0. The Kier molecular flexibility index (Phi) is 6.72. The normalized spacial score (nSPS) is 15.6. The van der Waals surface area contributed by atoms with Crippen molar-refractivity contribution < 1.29 is 18.7 Å². The molecule has 0 saturated carbocycles. The number of amides is 1. The lowest BCUT2D eigenvalue weighted by Gasteiger charge is -2.36. The summed E-state index contributed by atoms with van der Waals surface area (Å²) in [5.74, 6) is -0.527. The summed E-state index contributed by atoms with van der Waals surface area (Å²) >= 11 is 0. The van der Waals surface area contributed by atoms with Gasteiger partial charge in [-0.15, -0.1) is 0 Å². The highest BCUT2D eigenvalue weighted by molar-refractivity contribution is 5.99. The van der Waals surface area contributed by atoms with Crippen molar-refractivity contribution in [3.8, 4) is 0 Å². The minimum Gasteiger partial charge on any atom is -0.466 e. The number of carbonyl (C=O) groups is 2. The third-order valence-corrected chi connectivity index (χ3v) is 6.39. The highest BCUT2D eigenvalue weighted by Crippen LogP contribution is 2.36. The molecule has 1 atom stereocenters. The SMILES string of the molecule is CCOC(=O)CC(c1ccc(F)cc1)C1CCN(C(=O)c2cnn3c(C)cc(C)nc23)CC1. The third kappa shape index (κ3) is 4.89. The van der Waals surface area contributed by atoms with Gasteiger partial charge in [-0.1, -0.05) is 12.1 Å². The maximum absolute atomic E-state index is 13.5. The van der Waals surface area contributed by atoms with Crippen LogP contribution >= 0.6 is 0 Å². The lowest BCUT2D eigenvalue weighted by atomic mass is 9.78. The first-order chi connectivity index (χ1) is 15.9. The molecule has 0 radical (unpaired) electrons. The standard InChI is InChI=1S/C25H29FN4O3/c1-4-33-23(31)14-21(18-5-7-20(26)8-6-18)19-9-11-29(12-10-19)25(32)22-15-27-30-17(3)13-16(2)28-24(22)30/h5-8,13,15,19,21H,4,9-12,14H2,1-3H3. The molecule has 7 nitrogen and oxygen atoms in total. The second-order valence-corrected chi connectivity index (χ2v) is 8.63. The minimum absolute atomic E-state index is 0.0779. The van der Waals surface area contributed by atoms with Gasteiger partial charge < -0.3 is 9.64 Å². The van der Waals surface area contributed by atoms with Crippen LogP contribution in [0.25, 0.3) is 5.65 Å². The Morgan fingerprint density at radius 3 is 2.55 bits per heavy atom. The van der Waals surface area contributed by atoms with Gasteiger partial charge in [-0.05, 0) is 69.2 Å². The smallest absolute Gasteiger partial charge is 0.306 e. The second kappa shape index (κ2) is 9.68. The van der Waals surface area contributed by atoms with Crippen LogP contribution in [-0.4, -0.2) is 51.1 Å². The van der Waals surface area contributed by atoms with Crippen LogP contribution in [-0.2, 0) is 9.53 Å². The van der Waals surface area contributed by atoms with Gasteiger partial charge >= 0.3 is 5.97 Å². The number of aromatic nitrogens is 3. The molecule has 0 spiro atoms. The van der Waals surface area contributed by atoms with Crippen LogP contribution in [0.5, 0.6) is 0 Å². The Hall–Kier alpha value is -3.29. The molecule has 1 unspecified atom stereocenters. The van der Waals surface area contributed by atoms with Crippen LogP contribution in [0, 0.1) is 25.6 Å². The number of fused-ring (bicyclic) bond motifs is 1. The Morgan fingerprint density at radius 2 is 1.88 bits per heavy atom. The average molecular weight is 453 g/mol. The summed E-state index contributed by atoms with van der Waals surface area (Å²) in [4.78, 5) is 31.9. The molecule has 0 N–H and O–H groups in total. The molecule has 8 heteroatoms. The van der Waals surface area contributed by atoms with E-state index < -0.39 is 0 Å². The molecular weight excluding hydrogens is 423 g/mol. The number of esters is 1. The number of hydrogen-bond donors (Lipinski definition) is 0. The maximum Gasteiger partial charge on any atom is 0.306 e. The fourth-order valence-electron chi connectivity index (χ4n) is 4.76. The lowest BCUT2D eigenvalue weighted by molar-refractivity contribution is -0.144. The molecule has 0 aliphatic carbocycles. The van der Waals surface area contributed by atoms with Crippen molar-refractivity contribution in [3.63, 3.8) is 0 Å². The largest absolute Gasteiger partial charge is 0.466 e. The van der Waals surface area contributed by atoms with Gasteiger partial charge in [0.25, 0.3) is 5.91 Å². The van der Waals surface area contributed by atoms with Gasteiger partial charge in [0.1, 0.15) is 11.4 Å². The Morgan fingerprint density at radius 1 is 1.18 bits per heavy atom. The van der Waals surface area contributed by atoms with Crippen LogP contribution in [0.2, 0.25) is 0 Å². The summed E-state index contributed by atoms with van der Waals surface area (Å²) in [6.45, 7) is 7.10. The molecule has 3 aromatic rings. The number of likely N-dealkylation sites (tertiary alicyclic amines) is 1. The molecule has 1 aliphatic heterocycles. The number of benzene rings is 1. The summed E-state index contributed by atoms with van der Waals surface area (Å²) in [5.41, 5.74) is 3.77. The average Bonchev–Trinajstić information content (AvgIpc) is 3.22. The van der Waals surface area contributed by atoms with E-state index in [0.29, 0.717) is 30.9 Å². The zero-order valence-electron chi connectivity index (χ0n) is 19.3. The fraction of sp³-hybridized carbons (Fsp3) is 0.440. The van der Waals surface area contributed by atoms with Crippen LogP contribution in [0.3, 0.4) is 0 Å². The predicted octanol–water partition coefficient (Wildman–Crippen LogP) is 4.07. The van der Waals surface area contributed by atoms with Gasteiger partial charge in [-0.3, -0.25) is 9.59 Å². The van der Waals surface area contributed by atoms with Gasteiger partial charge in [0, 0.05) is 24.5 Å². The molecule has 174 valence electrons. The number of nitrogens with zero attached hydrogens (tertiary/aromatic N) is 4. The molecule has 0 bridgehead atoms. The summed E-state index contributed by atoms with van der Waals surface area (Å²) in [6, 6.07) is 8.26. The molecule has 1 aromatic carbocycles. The second-order valence-electron chi connectivity index (χ2n) is 8.63. The zero-order valence-corrected chi connectivity index (χ0v) is 19.3. The van der Waals surface area contributed by atoms with E-state index in [1.807, 2.05) is 24.8 Å². The lowest BCUT2D eigenvalue weighted by Crippen LogP contribution is -2.40. The van der Waals surface area contributed by atoms with Crippen molar-refractivity contribution in [2.24, 2.45) is 5.92 Å². The van der Waals surface area contributed by atoms with E-state index in [-0.39, 0.29) is 36.0 Å². The molecule has 33 heavy (non-hydrogen) atoms. The van der Waals surface area contributed by atoms with Crippen molar-refractivity contribution in [3.05, 3.63) is 64.9 Å². The maximum atomic E-state index is 13.5. The number of hydrogen-bond acceptors (Lipinski definition) is 5. The van der Waals surface area contributed by atoms with E-state index in [9.17, 15) is 14.0 Å². The molecule has 1 amide bonds. The highest BCUT2D eigenvalue weighted by Gasteiger charge is 2.32. The molecule has 1 fully saturated rings. The molecule has 1 aliphatic rings. The minimum atomic E-state index is -0.304. The Balaban J connectivity index is 1.49. The molecule has 3 heterocycles. The number of aryl methyl sites for hydroxylation is 2. The molecule has 2 aromatic heterocycles. The van der Waals surface area contributed by atoms with Crippen LogP contribution < -0.4 is 0 Å². The van der Waals surface area contributed by atoms with E-state index in [1.54, 1.807) is 29.8 Å². The number of ether oxygens (including phenoxy) is 1. The molecule has 4 rings (SSSR count). The number of piperidine rings is 1. The van der Waals surface area contributed by atoms with Crippen LogP contribution in [0.1, 0.15) is 59.4 Å². The zero-order chi connectivity index (χ0) is 23.5. The molecular formula is C25H29FN4O3. The summed E-state index contributed by atoms with van der Waals surface area (Å²) in [5, 5.41) is 4.34. The van der Waals surface area contributed by atoms with Crippen LogP contribution in [0.15, 0.2) is 36.5 Å². The quantitative estimate of drug-likeness (QED) is 0.527. The van der Waals surface area contributed by atoms with Gasteiger partial charge in [0.2, 0.25) is 0 Å².